The minimum atomic E-state index is -0.831. The summed E-state index contributed by atoms with van der Waals surface area (Å²) >= 11 is 0. The van der Waals surface area contributed by atoms with Crippen LogP contribution in [0.15, 0.2) is 109 Å². The number of hydrogen-bond acceptors (Lipinski definition) is 4. The molecule has 0 spiro atoms. The van der Waals surface area contributed by atoms with Gasteiger partial charge < -0.3 is 19.7 Å². The highest BCUT2D eigenvalue weighted by Crippen LogP contribution is 2.17. The Morgan fingerprint density at radius 2 is 1.38 bits per heavy atom. The Labute approximate surface area is 228 Å². The molecule has 2 amide bonds. The monoisotopic (exact) mass is 526 g/mol. The molecule has 1 N–H and O–H groups in total. The number of halogens is 1. The molecule has 6 nitrogen and oxygen atoms in total. The summed E-state index contributed by atoms with van der Waals surface area (Å²) in [5.41, 5.74) is 2.50. The summed E-state index contributed by atoms with van der Waals surface area (Å²) in [4.78, 5) is 28.8. The number of benzene rings is 4. The molecule has 200 valence electrons. The number of rotatable bonds is 12. The van der Waals surface area contributed by atoms with Crippen LogP contribution in [0.2, 0.25) is 0 Å². The van der Waals surface area contributed by atoms with Gasteiger partial charge in [0.25, 0.3) is 5.91 Å². The van der Waals surface area contributed by atoms with Crippen molar-refractivity contribution in [1.82, 2.24) is 10.2 Å². The number of para-hydroxylation sites is 1. The molecule has 4 rings (SSSR count). The molecule has 1 atom stereocenters. The minimum Gasteiger partial charge on any atom is -0.497 e. The van der Waals surface area contributed by atoms with Crippen LogP contribution in [0.3, 0.4) is 0 Å². The number of methoxy groups -OCH3 is 1. The van der Waals surface area contributed by atoms with Gasteiger partial charge in [-0.15, -0.1) is 0 Å². The van der Waals surface area contributed by atoms with Gasteiger partial charge in [0.1, 0.15) is 23.4 Å². The second-order valence-electron chi connectivity index (χ2n) is 9.02. The number of amides is 2. The highest BCUT2D eigenvalue weighted by molar-refractivity contribution is 5.88. The van der Waals surface area contributed by atoms with Crippen molar-refractivity contribution in [3.63, 3.8) is 0 Å². The SMILES string of the molecule is COc1ccc(CNC(=O)[C@@H](Cc2ccccc2)N(Cc2ccc(F)cc2)C(=O)COc2ccccc2)cc1. The average molecular weight is 527 g/mol. The Morgan fingerprint density at radius 3 is 2.03 bits per heavy atom. The molecule has 4 aromatic carbocycles. The van der Waals surface area contributed by atoms with Crippen molar-refractivity contribution < 1.29 is 23.5 Å². The van der Waals surface area contributed by atoms with Crippen molar-refractivity contribution in [2.24, 2.45) is 0 Å². The van der Waals surface area contributed by atoms with Crippen molar-refractivity contribution >= 4 is 11.8 Å². The lowest BCUT2D eigenvalue weighted by Crippen LogP contribution is -2.51. The third-order valence-electron chi connectivity index (χ3n) is 6.27. The summed E-state index contributed by atoms with van der Waals surface area (Å²) < 4.78 is 24.6. The summed E-state index contributed by atoms with van der Waals surface area (Å²) in [5.74, 6) is 0.244. The Bertz CT molecular complexity index is 1330. The second-order valence-corrected chi connectivity index (χ2v) is 9.02. The van der Waals surface area contributed by atoms with Crippen molar-refractivity contribution in [3.8, 4) is 11.5 Å². The normalized spacial score (nSPS) is 11.3. The first-order chi connectivity index (χ1) is 19.0. The largest absolute Gasteiger partial charge is 0.497 e. The molecule has 0 aliphatic rings. The van der Waals surface area contributed by atoms with Crippen LogP contribution in [0.25, 0.3) is 0 Å². The van der Waals surface area contributed by atoms with Gasteiger partial charge in [0.05, 0.1) is 7.11 Å². The van der Waals surface area contributed by atoms with Crippen LogP contribution < -0.4 is 14.8 Å². The smallest absolute Gasteiger partial charge is 0.261 e. The van der Waals surface area contributed by atoms with Crippen LogP contribution in [0.5, 0.6) is 11.5 Å². The van der Waals surface area contributed by atoms with Crippen LogP contribution >= 0.6 is 0 Å². The molecular weight excluding hydrogens is 495 g/mol. The zero-order valence-corrected chi connectivity index (χ0v) is 21.8. The van der Waals surface area contributed by atoms with E-state index in [-0.39, 0.29) is 37.3 Å². The lowest BCUT2D eigenvalue weighted by molar-refractivity contribution is -0.142. The van der Waals surface area contributed by atoms with Gasteiger partial charge >= 0.3 is 0 Å². The Balaban J connectivity index is 1.59. The first-order valence-electron chi connectivity index (χ1n) is 12.7. The van der Waals surface area contributed by atoms with E-state index in [2.05, 4.69) is 5.32 Å². The molecule has 0 heterocycles. The van der Waals surface area contributed by atoms with E-state index in [1.54, 1.807) is 31.4 Å². The molecule has 7 heteroatoms. The zero-order chi connectivity index (χ0) is 27.5. The lowest BCUT2D eigenvalue weighted by atomic mass is 10.0. The van der Waals surface area contributed by atoms with Gasteiger partial charge in [0.15, 0.2) is 6.61 Å². The quantitative estimate of drug-likeness (QED) is 0.277. The number of hydrogen-bond donors (Lipinski definition) is 1. The summed E-state index contributed by atoms with van der Waals surface area (Å²) in [7, 11) is 1.60. The van der Waals surface area contributed by atoms with Gasteiger partial charge in [-0.1, -0.05) is 72.8 Å². The van der Waals surface area contributed by atoms with E-state index in [1.807, 2.05) is 72.8 Å². The molecule has 4 aromatic rings. The van der Waals surface area contributed by atoms with Crippen molar-refractivity contribution in [2.45, 2.75) is 25.6 Å². The number of carbonyl (C=O) groups is 2. The highest BCUT2D eigenvalue weighted by atomic mass is 19.1. The Morgan fingerprint density at radius 1 is 0.769 bits per heavy atom. The maximum absolute atomic E-state index is 13.7. The van der Waals surface area contributed by atoms with E-state index in [9.17, 15) is 14.0 Å². The molecule has 0 unspecified atom stereocenters. The van der Waals surface area contributed by atoms with E-state index in [1.165, 1.54) is 17.0 Å². The average Bonchev–Trinajstić information content (AvgIpc) is 2.98. The third kappa shape index (κ3) is 8.17. The van der Waals surface area contributed by atoms with Crippen LogP contribution in [0, 0.1) is 5.82 Å². The predicted octanol–water partition coefficient (Wildman–Crippen LogP) is 5.17. The highest BCUT2D eigenvalue weighted by Gasteiger charge is 2.30. The van der Waals surface area contributed by atoms with Gasteiger partial charge in [0, 0.05) is 19.5 Å². The first-order valence-corrected chi connectivity index (χ1v) is 12.7. The fourth-order valence-electron chi connectivity index (χ4n) is 4.14. The van der Waals surface area contributed by atoms with Gasteiger partial charge in [-0.05, 0) is 53.1 Å². The molecule has 0 saturated carbocycles. The molecule has 0 saturated heterocycles. The van der Waals surface area contributed by atoms with Crippen molar-refractivity contribution in [1.29, 1.82) is 0 Å². The maximum Gasteiger partial charge on any atom is 0.261 e. The fraction of sp³-hybridized carbons (Fsp3) is 0.188. The topological polar surface area (TPSA) is 67.9 Å². The number of carbonyl (C=O) groups excluding carboxylic acids is 2. The molecule has 0 aromatic heterocycles. The van der Waals surface area contributed by atoms with Crippen LogP contribution in [0.1, 0.15) is 16.7 Å². The van der Waals surface area contributed by atoms with Gasteiger partial charge in [-0.25, -0.2) is 4.39 Å². The van der Waals surface area contributed by atoms with E-state index in [0.29, 0.717) is 17.7 Å². The number of nitrogens with one attached hydrogen (secondary N) is 1. The van der Waals surface area contributed by atoms with Crippen LogP contribution in [-0.2, 0) is 29.1 Å². The Kier molecular flexibility index (Phi) is 9.67. The van der Waals surface area contributed by atoms with E-state index >= 15 is 0 Å². The van der Waals surface area contributed by atoms with Crippen molar-refractivity contribution in [3.05, 3.63) is 132 Å². The third-order valence-corrected chi connectivity index (χ3v) is 6.27. The van der Waals surface area contributed by atoms with E-state index in [0.717, 1.165) is 16.9 Å². The molecule has 0 radical (unpaired) electrons. The van der Waals surface area contributed by atoms with E-state index in [4.69, 9.17) is 9.47 Å². The first kappa shape index (κ1) is 27.4. The molecule has 0 bridgehead atoms. The summed E-state index contributed by atoms with van der Waals surface area (Å²) in [6.45, 7) is 0.153. The van der Waals surface area contributed by atoms with Crippen LogP contribution in [-0.4, -0.2) is 36.5 Å². The maximum atomic E-state index is 13.7. The summed E-state index contributed by atoms with van der Waals surface area (Å²) in [6, 6.07) is 31.0. The molecule has 0 aliphatic carbocycles. The predicted molar refractivity (Wildman–Crippen MR) is 148 cm³/mol. The van der Waals surface area contributed by atoms with E-state index < -0.39 is 6.04 Å². The fourth-order valence-corrected chi connectivity index (χ4v) is 4.14. The summed E-state index contributed by atoms with van der Waals surface area (Å²) in [5, 5.41) is 2.99. The summed E-state index contributed by atoms with van der Waals surface area (Å²) in [6.07, 6.45) is 0.299. The number of nitrogens with zero attached hydrogens (tertiary/aromatic N) is 1. The second kappa shape index (κ2) is 13.8. The number of ether oxygens (including phenoxy) is 2. The molecule has 0 aliphatic heterocycles. The van der Waals surface area contributed by atoms with Gasteiger partial charge in [0.2, 0.25) is 5.91 Å². The van der Waals surface area contributed by atoms with Crippen LogP contribution in [0.4, 0.5) is 4.39 Å². The minimum absolute atomic E-state index is 0.116. The molecule has 39 heavy (non-hydrogen) atoms. The Hall–Kier alpha value is -4.65. The lowest BCUT2D eigenvalue weighted by Gasteiger charge is -2.31. The van der Waals surface area contributed by atoms with Crippen molar-refractivity contribution in [2.75, 3.05) is 13.7 Å². The zero-order valence-electron chi connectivity index (χ0n) is 21.8. The standard InChI is InChI=1S/C32H31FN2O4/c1-38-28-18-14-25(15-19-28)21-34-32(37)30(20-24-8-4-2-5-9-24)35(22-26-12-16-27(33)17-13-26)31(36)23-39-29-10-6-3-7-11-29/h2-19,30H,20-23H2,1H3,(H,34,37)/t30-/m1/s1. The van der Waals surface area contributed by atoms with Gasteiger partial charge in [-0.3, -0.25) is 9.59 Å². The van der Waals surface area contributed by atoms with Gasteiger partial charge in [-0.2, -0.15) is 0 Å². The molecule has 0 fully saturated rings. The molecular formula is C32H31FN2O4.